The Morgan fingerprint density at radius 3 is 1.95 bits per heavy atom. The molecule has 0 saturated carbocycles. The minimum atomic E-state index is -2.87. The summed E-state index contributed by atoms with van der Waals surface area (Å²) in [6.07, 6.45) is 0. The Morgan fingerprint density at radius 2 is 1.43 bits per heavy atom. The molecule has 0 saturated heterocycles. The minimum absolute atomic E-state index is 0.159. The fourth-order valence-corrected chi connectivity index (χ4v) is 5.13. The average Bonchev–Trinajstić information content (AvgIpc) is 2.53. The van der Waals surface area contributed by atoms with E-state index >= 15 is 0 Å². The first-order valence-corrected chi connectivity index (χ1v) is 9.88. The first-order chi connectivity index (χ1) is 10.1. The zero-order valence-corrected chi connectivity index (χ0v) is 14.3. The number of rotatable bonds is 4. The van der Waals surface area contributed by atoms with E-state index in [1.165, 1.54) is 6.92 Å². The van der Waals surface area contributed by atoms with Crippen LogP contribution in [-0.2, 0) is 7.90 Å². The Hall–Kier alpha value is -1.76. The number of carbonyl (C=O) groups is 1. The van der Waals surface area contributed by atoms with Crippen LogP contribution in [0.4, 0.5) is 0 Å². The number of allylic oxidation sites excluding steroid dienone is 1. The normalized spacial score (nSPS) is 12.0. The first kappa shape index (κ1) is 15.6. The van der Waals surface area contributed by atoms with Gasteiger partial charge >= 0.3 is 132 Å². The van der Waals surface area contributed by atoms with E-state index in [9.17, 15) is 7.90 Å². The Bertz CT molecular complexity index is 678. The van der Waals surface area contributed by atoms with Crippen molar-refractivity contribution >= 4 is 34.8 Å². The maximum atomic E-state index is 12.8. The van der Waals surface area contributed by atoms with E-state index in [0.717, 1.165) is 12.8 Å². The Morgan fingerprint density at radius 1 is 0.905 bits per heavy atom. The van der Waals surface area contributed by atoms with E-state index in [4.69, 9.17) is 0 Å². The van der Waals surface area contributed by atoms with Crippen molar-refractivity contribution < 1.29 is 7.90 Å². The Kier molecular flexibility index (Phi) is 5.44. The van der Waals surface area contributed by atoms with Crippen LogP contribution < -0.4 is 8.93 Å². The van der Waals surface area contributed by atoms with E-state index in [-0.39, 0.29) is 5.91 Å². The molecule has 0 heterocycles. The molecule has 2 aromatic rings. The van der Waals surface area contributed by atoms with Gasteiger partial charge in [-0.3, -0.25) is 0 Å². The summed E-state index contributed by atoms with van der Waals surface area (Å²) < 4.78 is 14.4. The van der Waals surface area contributed by atoms with Gasteiger partial charge in [0, 0.05) is 0 Å². The Balaban J connectivity index is 2.47. The van der Waals surface area contributed by atoms with Gasteiger partial charge in [0.1, 0.15) is 0 Å². The summed E-state index contributed by atoms with van der Waals surface area (Å²) >= 11 is -2.87. The van der Waals surface area contributed by atoms with E-state index in [0.29, 0.717) is 5.70 Å². The summed E-state index contributed by atoms with van der Waals surface area (Å²) in [5.41, 5.74) is 1.54. The fourth-order valence-electron chi connectivity index (χ4n) is 1.96. The monoisotopic (exact) mass is 397 g/mol. The average molecular weight is 395 g/mol. The number of benzene rings is 2. The molecule has 21 heavy (non-hydrogen) atoms. The van der Waals surface area contributed by atoms with Crippen LogP contribution in [0.1, 0.15) is 19.4 Å². The third-order valence-corrected chi connectivity index (χ3v) is 7.12. The number of hydrogen-bond donors (Lipinski definition) is 1. The molecule has 0 radical (unpaired) electrons. The van der Waals surface area contributed by atoms with E-state index < -0.39 is 19.5 Å². The summed E-state index contributed by atoms with van der Waals surface area (Å²) in [4.78, 5) is 11.5. The molecule has 0 aliphatic carbocycles. The van der Waals surface area contributed by atoms with Gasteiger partial charge in [0.05, 0.1) is 0 Å². The van der Waals surface area contributed by atoms with Crippen molar-refractivity contribution in [1.29, 1.82) is 0 Å². The molecule has 0 aliphatic heterocycles. The van der Waals surface area contributed by atoms with Crippen molar-refractivity contribution in [2.24, 2.45) is 0 Å². The van der Waals surface area contributed by atoms with Gasteiger partial charge in [-0.25, -0.2) is 0 Å². The second-order valence-corrected chi connectivity index (χ2v) is 9.19. The quantitative estimate of drug-likeness (QED) is 0.809. The number of amides is 1. The summed E-state index contributed by atoms with van der Waals surface area (Å²) in [5, 5.41) is 2.83. The predicted molar refractivity (Wildman–Crippen MR) is 85.4 cm³/mol. The van der Waals surface area contributed by atoms with Crippen LogP contribution >= 0.6 is 0 Å². The zero-order chi connectivity index (χ0) is 15.2. The van der Waals surface area contributed by atoms with Crippen LogP contribution in [0.3, 0.4) is 0 Å². The van der Waals surface area contributed by atoms with Gasteiger partial charge < -0.3 is 0 Å². The molecule has 1 amide bonds. The summed E-state index contributed by atoms with van der Waals surface area (Å²) in [7, 11) is 0. The predicted octanol–water partition coefficient (Wildman–Crippen LogP) is 2.42. The third-order valence-electron chi connectivity index (χ3n) is 2.95. The number of nitrogens with one attached hydrogen (secondary N) is 1. The van der Waals surface area contributed by atoms with Crippen LogP contribution in [-0.4, -0.2) is 25.4 Å². The molecule has 108 valence electrons. The van der Waals surface area contributed by atoms with Gasteiger partial charge in [-0.2, -0.15) is 0 Å². The second kappa shape index (κ2) is 7.31. The maximum absolute atomic E-state index is 12.8. The third kappa shape index (κ3) is 4.10. The number of hydrogen-bond acceptors (Lipinski definition) is 2. The molecule has 0 bridgehead atoms. The summed E-state index contributed by atoms with van der Waals surface area (Å²) in [6, 6.07) is 19.0. The van der Waals surface area contributed by atoms with Crippen molar-refractivity contribution in [3.63, 3.8) is 0 Å². The second-order valence-electron chi connectivity index (χ2n) is 4.56. The van der Waals surface area contributed by atoms with Gasteiger partial charge in [-0.15, -0.1) is 0 Å². The fraction of sp³-hybridized carbons (Fsp3) is 0.118. The molecule has 2 rings (SSSR count). The van der Waals surface area contributed by atoms with Gasteiger partial charge in [-0.1, -0.05) is 0 Å². The van der Waals surface area contributed by atoms with Crippen LogP contribution in [0.25, 0.3) is 5.70 Å². The molecule has 0 aromatic heterocycles. The Labute approximate surface area is 131 Å². The first-order valence-electron chi connectivity index (χ1n) is 6.60. The summed E-state index contributed by atoms with van der Waals surface area (Å²) in [6.45, 7) is 3.30. The molecule has 3 nitrogen and oxygen atoms in total. The molecule has 0 unspecified atom stereocenters. The molecule has 0 aliphatic rings. The van der Waals surface area contributed by atoms with Gasteiger partial charge in [0.15, 0.2) is 0 Å². The standard InChI is InChI=1S/C17H17NO2Te/c1-13(21(20)16-11-7-4-8-12-16)17(18-14(2)19)15-9-5-3-6-10-15/h3-12H,1-2H3,(H,18,19)/b17-13+. The number of carbonyl (C=O) groups excluding carboxylic acids is 1. The van der Waals surface area contributed by atoms with Crippen molar-refractivity contribution in [3.05, 3.63) is 69.8 Å². The van der Waals surface area contributed by atoms with Crippen LogP contribution in [0.5, 0.6) is 0 Å². The SMILES string of the molecule is CC(=O)N/C(=C(\C)[Te](=O)c1ccccc1)c1ccccc1. The van der Waals surface area contributed by atoms with Gasteiger partial charge in [-0.05, 0) is 0 Å². The van der Waals surface area contributed by atoms with Crippen LogP contribution in [0, 0.1) is 0 Å². The molecule has 0 fully saturated rings. The van der Waals surface area contributed by atoms with Crippen molar-refractivity contribution in [1.82, 2.24) is 5.32 Å². The molecule has 0 spiro atoms. The van der Waals surface area contributed by atoms with Gasteiger partial charge in [0.2, 0.25) is 0 Å². The molecule has 4 heteroatoms. The van der Waals surface area contributed by atoms with Crippen LogP contribution in [0.2, 0.25) is 0 Å². The molecular weight excluding hydrogens is 378 g/mol. The molecule has 1 N–H and O–H groups in total. The molecular formula is C17H17NO2Te. The van der Waals surface area contributed by atoms with Crippen molar-refractivity contribution in [2.75, 3.05) is 0 Å². The molecule has 0 atom stereocenters. The van der Waals surface area contributed by atoms with Crippen molar-refractivity contribution in [3.8, 4) is 0 Å². The zero-order valence-electron chi connectivity index (χ0n) is 12.0. The van der Waals surface area contributed by atoms with Gasteiger partial charge in [0.25, 0.3) is 0 Å². The van der Waals surface area contributed by atoms with Crippen molar-refractivity contribution in [2.45, 2.75) is 13.8 Å². The van der Waals surface area contributed by atoms with E-state index in [2.05, 4.69) is 5.32 Å². The van der Waals surface area contributed by atoms with E-state index in [1.807, 2.05) is 67.6 Å². The van der Waals surface area contributed by atoms with Crippen LogP contribution in [0.15, 0.2) is 64.3 Å². The topological polar surface area (TPSA) is 46.2 Å². The molecule has 2 aromatic carbocycles. The van der Waals surface area contributed by atoms with E-state index in [1.54, 1.807) is 0 Å². The summed E-state index contributed by atoms with van der Waals surface area (Å²) in [5.74, 6) is -0.159.